The summed E-state index contributed by atoms with van der Waals surface area (Å²) in [5.74, 6) is 0. The van der Waals surface area contributed by atoms with Crippen LogP contribution in [0.2, 0.25) is 0 Å². The number of hydrogen-bond acceptors (Lipinski definition) is 3. The SMILES string of the molecule is O[C@@H]1CCC[C@@H]1Nc1cncc(Br)c1. The summed E-state index contributed by atoms with van der Waals surface area (Å²) in [7, 11) is 0. The van der Waals surface area contributed by atoms with E-state index in [0.717, 1.165) is 29.4 Å². The van der Waals surface area contributed by atoms with Gasteiger partial charge < -0.3 is 10.4 Å². The lowest BCUT2D eigenvalue weighted by atomic mass is 10.2. The van der Waals surface area contributed by atoms with Crippen molar-refractivity contribution in [2.75, 3.05) is 5.32 Å². The van der Waals surface area contributed by atoms with Gasteiger partial charge in [-0.2, -0.15) is 0 Å². The number of nitrogens with zero attached hydrogens (tertiary/aromatic N) is 1. The monoisotopic (exact) mass is 256 g/mol. The first-order valence-corrected chi connectivity index (χ1v) is 5.60. The van der Waals surface area contributed by atoms with Gasteiger partial charge in [0.1, 0.15) is 0 Å². The summed E-state index contributed by atoms with van der Waals surface area (Å²) in [5, 5.41) is 12.9. The van der Waals surface area contributed by atoms with Crippen LogP contribution in [0.4, 0.5) is 5.69 Å². The first-order valence-electron chi connectivity index (χ1n) is 4.81. The molecule has 2 atom stereocenters. The highest BCUT2D eigenvalue weighted by molar-refractivity contribution is 9.10. The molecule has 1 fully saturated rings. The van der Waals surface area contributed by atoms with Gasteiger partial charge >= 0.3 is 0 Å². The Bertz CT molecular complexity index is 319. The Morgan fingerprint density at radius 3 is 2.93 bits per heavy atom. The van der Waals surface area contributed by atoms with E-state index in [1.165, 1.54) is 0 Å². The highest BCUT2D eigenvalue weighted by Gasteiger charge is 2.24. The second-order valence-corrected chi connectivity index (χ2v) is 4.56. The Kier molecular flexibility index (Phi) is 3.03. The van der Waals surface area contributed by atoms with E-state index in [4.69, 9.17) is 0 Å². The van der Waals surface area contributed by atoms with Gasteiger partial charge in [-0.15, -0.1) is 0 Å². The predicted octanol–water partition coefficient (Wildman–Crippen LogP) is 2.17. The molecule has 0 saturated heterocycles. The number of aliphatic hydroxyl groups excluding tert-OH is 1. The summed E-state index contributed by atoms with van der Waals surface area (Å²) in [4.78, 5) is 4.06. The second kappa shape index (κ2) is 4.28. The van der Waals surface area contributed by atoms with Crippen molar-refractivity contribution in [3.63, 3.8) is 0 Å². The maximum Gasteiger partial charge on any atom is 0.0741 e. The fourth-order valence-corrected chi connectivity index (χ4v) is 2.18. The average molecular weight is 257 g/mol. The average Bonchev–Trinajstić information content (AvgIpc) is 2.52. The third-order valence-electron chi connectivity index (χ3n) is 2.54. The Morgan fingerprint density at radius 1 is 1.43 bits per heavy atom. The van der Waals surface area contributed by atoms with Crippen LogP contribution >= 0.6 is 15.9 Å². The fourth-order valence-electron chi connectivity index (χ4n) is 1.81. The minimum Gasteiger partial charge on any atom is -0.391 e. The maximum atomic E-state index is 9.62. The van der Waals surface area contributed by atoms with E-state index in [9.17, 15) is 5.11 Å². The molecule has 1 aliphatic rings. The van der Waals surface area contributed by atoms with Crippen LogP contribution in [-0.2, 0) is 0 Å². The molecule has 1 aromatic heterocycles. The molecule has 0 amide bonds. The number of aromatic nitrogens is 1. The normalized spacial score (nSPS) is 26.4. The van der Waals surface area contributed by atoms with Crippen molar-refractivity contribution in [1.82, 2.24) is 4.98 Å². The summed E-state index contributed by atoms with van der Waals surface area (Å²) < 4.78 is 0.954. The Hall–Kier alpha value is -0.610. The zero-order chi connectivity index (χ0) is 9.97. The molecule has 1 aromatic rings. The number of halogens is 1. The van der Waals surface area contributed by atoms with E-state index in [0.29, 0.717) is 0 Å². The van der Waals surface area contributed by atoms with E-state index in [-0.39, 0.29) is 12.1 Å². The summed E-state index contributed by atoms with van der Waals surface area (Å²) in [5.41, 5.74) is 0.963. The van der Waals surface area contributed by atoms with Crippen molar-refractivity contribution >= 4 is 21.6 Å². The molecule has 2 rings (SSSR count). The van der Waals surface area contributed by atoms with Gasteiger partial charge in [-0.25, -0.2) is 0 Å². The van der Waals surface area contributed by atoms with Crippen molar-refractivity contribution in [2.24, 2.45) is 0 Å². The Balaban J connectivity index is 2.03. The molecule has 0 aromatic carbocycles. The number of aliphatic hydroxyl groups is 1. The summed E-state index contributed by atoms with van der Waals surface area (Å²) >= 11 is 3.36. The zero-order valence-electron chi connectivity index (χ0n) is 7.78. The van der Waals surface area contributed by atoms with Crippen LogP contribution in [0.15, 0.2) is 22.9 Å². The second-order valence-electron chi connectivity index (χ2n) is 3.64. The van der Waals surface area contributed by atoms with Crippen molar-refractivity contribution in [3.05, 3.63) is 22.9 Å². The smallest absolute Gasteiger partial charge is 0.0741 e. The molecule has 0 radical (unpaired) electrons. The lowest BCUT2D eigenvalue weighted by Gasteiger charge is -2.17. The van der Waals surface area contributed by atoms with Crippen LogP contribution in [-0.4, -0.2) is 22.2 Å². The number of pyridine rings is 1. The molecule has 3 nitrogen and oxygen atoms in total. The predicted molar refractivity (Wildman–Crippen MR) is 59.2 cm³/mol. The molecule has 0 aliphatic heterocycles. The van der Waals surface area contributed by atoms with Gasteiger partial charge in [-0.1, -0.05) is 0 Å². The quantitative estimate of drug-likeness (QED) is 0.853. The van der Waals surface area contributed by atoms with E-state index in [1.54, 1.807) is 12.4 Å². The van der Waals surface area contributed by atoms with Crippen molar-refractivity contribution in [1.29, 1.82) is 0 Å². The lowest BCUT2D eigenvalue weighted by Crippen LogP contribution is -2.27. The molecular formula is C10H13BrN2O. The van der Waals surface area contributed by atoms with Crippen LogP contribution in [0.1, 0.15) is 19.3 Å². The third kappa shape index (κ3) is 2.25. The van der Waals surface area contributed by atoms with Gasteiger partial charge in [0.05, 0.1) is 24.0 Å². The summed E-state index contributed by atoms with van der Waals surface area (Å²) in [6.45, 7) is 0. The topological polar surface area (TPSA) is 45.1 Å². The third-order valence-corrected chi connectivity index (χ3v) is 2.97. The van der Waals surface area contributed by atoms with Gasteiger partial charge in [0, 0.05) is 10.7 Å². The van der Waals surface area contributed by atoms with Crippen molar-refractivity contribution in [3.8, 4) is 0 Å². The largest absolute Gasteiger partial charge is 0.391 e. The van der Waals surface area contributed by atoms with Crippen molar-refractivity contribution in [2.45, 2.75) is 31.4 Å². The number of hydrogen-bond donors (Lipinski definition) is 2. The highest BCUT2D eigenvalue weighted by Crippen LogP contribution is 2.23. The molecule has 0 spiro atoms. The first kappa shape index (κ1) is 9.93. The summed E-state index contributed by atoms with van der Waals surface area (Å²) in [6, 6.07) is 2.16. The van der Waals surface area contributed by atoms with Crippen LogP contribution in [0.5, 0.6) is 0 Å². The molecule has 1 saturated carbocycles. The molecule has 76 valence electrons. The van der Waals surface area contributed by atoms with Crippen LogP contribution in [0.25, 0.3) is 0 Å². The fraction of sp³-hybridized carbons (Fsp3) is 0.500. The van der Waals surface area contributed by atoms with E-state index in [2.05, 4.69) is 26.2 Å². The number of anilines is 1. The lowest BCUT2D eigenvalue weighted by molar-refractivity contribution is 0.172. The summed E-state index contributed by atoms with van der Waals surface area (Å²) in [6.07, 6.45) is 6.34. The van der Waals surface area contributed by atoms with Gasteiger partial charge in [-0.05, 0) is 41.3 Å². The van der Waals surface area contributed by atoms with Crippen molar-refractivity contribution < 1.29 is 5.11 Å². The standard InChI is InChI=1S/C10H13BrN2O/c11-7-4-8(6-12-5-7)13-9-2-1-3-10(9)14/h4-6,9-10,13-14H,1-3H2/t9-,10+/m0/s1. The molecular weight excluding hydrogens is 244 g/mol. The van der Waals surface area contributed by atoms with Gasteiger partial charge in [0.2, 0.25) is 0 Å². The van der Waals surface area contributed by atoms with E-state index in [1.807, 2.05) is 6.07 Å². The number of nitrogens with one attached hydrogen (secondary N) is 1. The van der Waals surface area contributed by atoms with E-state index >= 15 is 0 Å². The molecule has 0 bridgehead atoms. The van der Waals surface area contributed by atoms with E-state index < -0.39 is 0 Å². The highest BCUT2D eigenvalue weighted by atomic mass is 79.9. The minimum absolute atomic E-state index is 0.186. The van der Waals surface area contributed by atoms with Crippen LogP contribution < -0.4 is 5.32 Å². The van der Waals surface area contributed by atoms with Crippen LogP contribution in [0, 0.1) is 0 Å². The van der Waals surface area contributed by atoms with Crippen LogP contribution in [0.3, 0.4) is 0 Å². The van der Waals surface area contributed by atoms with Gasteiger partial charge in [0.15, 0.2) is 0 Å². The molecule has 0 unspecified atom stereocenters. The molecule has 2 N–H and O–H groups in total. The maximum absolute atomic E-state index is 9.62. The Morgan fingerprint density at radius 2 is 2.29 bits per heavy atom. The minimum atomic E-state index is -0.214. The molecule has 14 heavy (non-hydrogen) atoms. The van der Waals surface area contributed by atoms with Gasteiger partial charge in [0.25, 0.3) is 0 Å². The van der Waals surface area contributed by atoms with Gasteiger partial charge in [-0.3, -0.25) is 4.98 Å². The molecule has 4 heteroatoms. The zero-order valence-corrected chi connectivity index (χ0v) is 9.37. The molecule has 1 aliphatic carbocycles. The first-order chi connectivity index (χ1) is 6.75. The Labute approximate surface area is 91.7 Å². The molecule has 1 heterocycles. The number of rotatable bonds is 2.